The number of nitro benzene ring substituents is 1. The van der Waals surface area contributed by atoms with Crippen molar-refractivity contribution in [1.29, 1.82) is 0 Å². The highest BCUT2D eigenvalue weighted by atomic mass is 19.1. The van der Waals surface area contributed by atoms with Crippen LogP contribution >= 0.6 is 0 Å². The number of benzene rings is 1. The zero-order valence-corrected chi connectivity index (χ0v) is 11.0. The average Bonchev–Trinajstić information content (AvgIpc) is 2.92. The summed E-state index contributed by atoms with van der Waals surface area (Å²) in [6.07, 6.45) is 2.03. The minimum Gasteiger partial charge on any atom is -0.342 e. The van der Waals surface area contributed by atoms with Gasteiger partial charge in [0.25, 0.3) is 5.69 Å². The van der Waals surface area contributed by atoms with E-state index in [1.54, 1.807) is 4.90 Å². The third kappa shape index (κ3) is 3.51. The Bertz CT molecular complexity index is 516. The van der Waals surface area contributed by atoms with Gasteiger partial charge in [-0.15, -0.1) is 0 Å². The first-order valence-corrected chi connectivity index (χ1v) is 6.49. The Hall–Kier alpha value is -2.02. The van der Waals surface area contributed by atoms with Gasteiger partial charge in [0.2, 0.25) is 5.91 Å². The SMILES string of the molecule is O=C(CNCc1cc(F)ccc1[N+](=O)[O-])N1CCCC1. The van der Waals surface area contributed by atoms with Gasteiger partial charge < -0.3 is 10.2 Å². The van der Waals surface area contributed by atoms with Crippen LogP contribution < -0.4 is 5.32 Å². The van der Waals surface area contributed by atoms with E-state index in [1.807, 2.05) is 0 Å². The smallest absolute Gasteiger partial charge is 0.274 e. The van der Waals surface area contributed by atoms with Crippen LogP contribution in [0.4, 0.5) is 10.1 Å². The molecule has 0 atom stereocenters. The topological polar surface area (TPSA) is 75.5 Å². The number of rotatable bonds is 5. The number of likely N-dealkylation sites (tertiary alicyclic amines) is 1. The maximum Gasteiger partial charge on any atom is 0.274 e. The van der Waals surface area contributed by atoms with Gasteiger partial charge >= 0.3 is 0 Å². The van der Waals surface area contributed by atoms with Gasteiger partial charge in [0, 0.05) is 31.3 Å². The predicted molar refractivity (Wildman–Crippen MR) is 70.6 cm³/mol. The van der Waals surface area contributed by atoms with Crippen molar-refractivity contribution in [3.8, 4) is 0 Å². The molecule has 0 bridgehead atoms. The molecule has 1 saturated heterocycles. The Balaban J connectivity index is 1.91. The van der Waals surface area contributed by atoms with E-state index < -0.39 is 10.7 Å². The van der Waals surface area contributed by atoms with E-state index in [0.29, 0.717) is 0 Å². The maximum atomic E-state index is 13.1. The third-order valence-electron chi connectivity index (χ3n) is 3.29. The van der Waals surface area contributed by atoms with Crippen LogP contribution in [0.25, 0.3) is 0 Å². The summed E-state index contributed by atoms with van der Waals surface area (Å²) in [7, 11) is 0. The predicted octanol–water partition coefficient (Wildman–Crippen LogP) is 1.45. The molecule has 2 rings (SSSR count). The van der Waals surface area contributed by atoms with E-state index in [4.69, 9.17) is 0 Å². The summed E-state index contributed by atoms with van der Waals surface area (Å²) >= 11 is 0. The van der Waals surface area contributed by atoms with E-state index >= 15 is 0 Å². The van der Waals surface area contributed by atoms with Crippen molar-refractivity contribution in [2.24, 2.45) is 0 Å². The molecule has 0 spiro atoms. The van der Waals surface area contributed by atoms with Crippen LogP contribution in [0.2, 0.25) is 0 Å². The fraction of sp³-hybridized carbons (Fsp3) is 0.462. The lowest BCUT2D eigenvalue weighted by molar-refractivity contribution is -0.385. The highest BCUT2D eigenvalue weighted by Crippen LogP contribution is 2.19. The molecule has 1 heterocycles. The summed E-state index contributed by atoms with van der Waals surface area (Å²) < 4.78 is 13.1. The van der Waals surface area contributed by atoms with E-state index in [9.17, 15) is 19.3 Å². The van der Waals surface area contributed by atoms with Crippen LogP contribution in [0, 0.1) is 15.9 Å². The quantitative estimate of drug-likeness (QED) is 0.654. The largest absolute Gasteiger partial charge is 0.342 e. The zero-order chi connectivity index (χ0) is 14.5. The van der Waals surface area contributed by atoms with Crippen LogP contribution in [0.1, 0.15) is 18.4 Å². The molecule has 1 N–H and O–H groups in total. The molecule has 1 aromatic carbocycles. The summed E-state index contributed by atoms with van der Waals surface area (Å²) in [5, 5.41) is 13.7. The normalized spacial score (nSPS) is 14.6. The molecule has 1 fully saturated rings. The van der Waals surface area contributed by atoms with Gasteiger partial charge in [-0.1, -0.05) is 0 Å². The van der Waals surface area contributed by atoms with Crippen molar-refractivity contribution in [1.82, 2.24) is 10.2 Å². The van der Waals surface area contributed by atoms with E-state index in [0.717, 1.165) is 44.1 Å². The van der Waals surface area contributed by atoms with Gasteiger partial charge in [0.05, 0.1) is 11.5 Å². The Morgan fingerprint density at radius 2 is 2.10 bits per heavy atom. The molecule has 108 valence electrons. The fourth-order valence-electron chi connectivity index (χ4n) is 2.26. The van der Waals surface area contributed by atoms with Crippen molar-refractivity contribution >= 4 is 11.6 Å². The van der Waals surface area contributed by atoms with Gasteiger partial charge in [0.1, 0.15) is 5.82 Å². The molecule has 1 aliphatic rings. The standard InChI is InChI=1S/C13H16FN3O3/c14-11-3-4-12(17(19)20)10(7-11)8-15-9-13(18)16-5-1-2-6-16/h3-4,7,15H,1-2,5-6,8-9H2. The highest BCUT2D eigenvalue weighted by molar-refractivity contribution is 5.78. The van der Waals surface area contributed by atoms with Crippen LogP contribution in [-0.2, 0) is 11.3 Å². The number of amides is 1. The molecule has 0 unspecified atom stereocenters. The summed E-state index contributed by atoms with van der Waals surface area (Å²) in [6, 6.07) is 3.30. The first-order valence-electron chi connectivity index (χ1n) is 6.49. The number of halogens is 1. The van der Waals surface area contributed by atoms with Crippen LogP contribution in [0.15, 0.2) is 18.2 Å². The van der Waals surface area contributed by atoms with Crippen LogP contribution in [-0.4, -0.2) is 35.4 Å². The van der Waals surface area contributed by atoms with E-state index in [1.165, 1.54) is 0 Å². The fourth-order valence-corrected chi connectivity index (χ4v) is 2.26. The van der Waals surface area contributed by atoms with Gasteiger partial charge in [-0.05, 0) is 25.0 Å². The zero-order valence-electron chi connectivity index (χ0n) is 11.0. The van der Waals surface area contributed by atoms with Crippen LogP contribution in [0.3, 0.4) is 0 Å². The first kappa shape index (κ1) is 14.4. The minimum atomic E-state index is -0.557. The molecule has 20 heavy (non-hydrogen) atoms. The van der Waals surface area contributed by atoms with Gasteiger partial charge in [-0.25, -0.2) is 4.39 Å². The number of nitrogens with zero attached hydrogens (tertiary/aromatic N) is 2. The Morgan fingerprint density at radius 1 is 1.40 bits per heavy atom. The third-order valence-corrected chi connectivity index (χ3v) is 3.29. The Kier molecular flexibility index (Phi) is 4.62. The minimum absolute atomic E-state index is 0.0263. The molecular weight excluding hydrogens is 265 g/mol. The highest BCUT2D eigenvalue weighted by Gasteiger charge is 2.18. The lowest BCUT2D eigenvalue weighted by Gasteiger charge is -2.15. The van der Waals surface area contributed by atoms with E-state index in [-0.39, 0.29) is 30.2 Å². The second-order valence-corrected chi connectivity index (χ2v) is 4.72. The van der Waals surface area contributed by atoms with Gasteiger partial charge in [-0.2, -0.15) is 0 Å². The summed E-state index contributed by atoms with van der Waals surface area (Å²) in [5.74, 6) is -0.556. The molecular formula is C13H16FN3O3. The lowest BCUT2D eigenvalue weighted by Crippen LogP contribution is -2.36. The number of hydrogen-bond donors (Lipinski definition) is 1. The molecule has 6 nitrogen and oxygen atoms in total. The monoisotopic (exact) mass is 281 g/mol. The molecule has 0 saturated carbocycles. The summed E-state index contributed by atoms with van der Waals surface area (Å²) in [4.78, 5) is 23.8. The number of nitro groups is 1. The van der Waals surface area contributed by atoms with Crippen molar-refractivity contribution < 1.29 is 14.1 Å². The molecule has 1 amide bonds. The van der Waals surface area contributed by atoms with Crippen LogP contribution in [0.5, 0.6) is 0 Å². The summed E-state index contributed by atoms with van der Waals surface area (Å²) in [5.41, 5.74) is 0.0942. The number of hydrogen-bond acceptors (Lipinski definition) is 4. The maximum absolute atomic E-state index is 13.1. The molecule has 7 heteroatoms. The van der Waals surface area contributed by atoms with Crippen molar-refractivity contribution in [3.63, 3.8) is 0 Å². The Morgan fingerprint density at radius 3 is 2.75 bits per heavy atom. The molecule has 0 radical (unpaired) electrons. The van der Waals surface area contributed by atoms with Crippen molar-refractivity contribution in [2.75, 3.05) is 19.6 Å². The second-order valence-electron chi connectivity index (χ2n) is 4.72. The molecule has 0 aliphatic carbocycles. The second kappa shape index (κ2) is 6.42. The lowest BCUT2D eigenvalue weighted by atomic mass is 10.1. The number of nitrogens with one attached hydrogen (secondary N) is 1. The van der Waals surface area contributed by atoms with Gasteiger partial charge in [-0.3, -0.25) is 14.9 Å². The van der Waals surface area contributed by atoms with E-state index in [2.05, 4.69) is 5.32 Å². The molecule has 1 aliphatic heterocycles. The number of carbonyl (C=O) groups is 1. The Labute approximate surface area is 115 Å². The molecule has 1 aromatic rings. The molecule has 0 aromatic heterocycles. The average molecular weight is 281 g/mol. The van der Waals surface area contributed by atoms with Crippen molar-refractivity contribution in [2.45, 2.75) is 19.4 Å². The first-order chi connectivity index (χ1) is 9.58. The number of carbonyl (C=O) groups excluding carboxylic acids is 1. The summed E-state index contributed by atoms with van der Waals surface area (Å²) in [6.45, 7) is 1.72. The van der Waals surface area contributed by atoms with Crippen molar-refractivity contribution in [3.05, 3.63) is 39.7 Å². The van der Waals surface area contributed by atoms with Gasteiger partial charge in [0.15, 0.2) is 0 Å².